The molecule has 6 nitrogen and oxygen atoms in total. The molecule has 0 fully saturated rings. The molecule has 0 aliphatic carbocycles. The fourth-order valence-electron chi connectivity index (χ4n) is 3.01. The molecule has 1 heterocycles. The van der Waals surface area contributed by atoms with Crippen LogP contribution in [0.5, 0.6) is 23.0 Å². The van der Waals surface area contributed by atoms with Crippen molar-refractivity contribution in [2.45, 2.75) is 12.5 Å². The highest BCUT2D eigenvalue weighted by Gasteiger charge is 2.33. The molecule has 0 bridgehead atoms. The minimum Gasteiger partial charge on any atom is -0.493 e. The summed E-state index contributed by atoms with van der Waals surface area (Å²) in [4.78, 5) is 11.3. The molecular formula is C18H18O6. The summed E-state index contributed by atoms with van der Waals surface area (Å²) in [6.07, 6.45) is -0.805. The Morgan fingerprint density at radius 1 is 1.12 bits per heavy atom. The van der Waals surface area contributed by atoms with Crippen molar-refractivity contribution in [3.8, 4) is 34.1 Å². The molecule has 0 amide bonds. The van der Waals surface area contributed by atoms with Crippen molar-refractivity contribution in [1.29, 1.82) is 0 Å². The van der Waals surface area contributed by atoms with E-state index in [4.69, 9.17) is 18.9 Å². The zero-order valence-electron chi connectivity index (χ0n) is 13.7. The summed E-state index contributed by atoms with van der Waals surface area (Å²) >= 11 is 0. The standard InChI is InChI=1S/C18H18O6/c1-21-14-8-11-13(9-15(19)20)24-12-7-5-4-6-10(12)16(11)18(23-3)17(14)22-2/h4-8,13H,9H2,1-3H3,(H,19,20). The number of rotatable bonds is 5. The van der Waals surface area contributed by atoms with Crippen molar-refractivity contribution in [2.24, 2.45) is 0 Å². The molecule has 126 valence electrons. The van der Waals surface area contributed by atoms with E-state index in [2.05, 4.69) is 0 Å². The average molecular weight is 330 g/mol. The van der Waals surface area contributed by atoms with E-state index in [-0.39, 0.29) is 6.42 Å². The molecule has 1 N–H and O–H groups in total. The van der Waals surface area contributed by atoms with Crippen molar-refractivity contribution < 1.29 is 28.8 Å². The summed E-state index contributed by atoms with van der Waals surface area (Å²) in [5.74, 6) is 1.09. The molecule has 0 aromatic heterocycles. The maximum Gasteiger partial charge on any atom is 0.307 e. The maximum atomic E-state index is 11.3. The maximum absolute atomic E-state index is 11.3. The van der Waals surface area contributed by atoms with E-state index in [9.17, 15) is 9.90 Å². The lowest BCUT2D eigenvalue weighted by atomic mass is 9.90. The van der Waals surface area contributed by atoms with E-state index < -0.39 is 12.1 Å². The predicted molar refractivity (Wildman–Crippen MR) is 87.2 cm³/mol. The Balaban J connectivity index is 2.32. The third-order valence-corrected chi connectivity index (χ3v) is 3.99. The van der Waals surface area contributed by atoms with Crippen molar-refractivity contribution in [3.63, 3.8) is 0 Å². The summed E-state index contributed by atoms with van der Waals surface area (Å²) in [7, 11) is 4.60. The van der Waals surface area contributed by atoms with E-state index in [0.717, 1.165) is 11.1 Å². The van der Waals surface area contributed by atoms with Gasteiger partial charge in [0.25, 0.3) is 0 Å². The van der Waals surface area contributed by atoms with Crippen LogP contribution in [0.1, 0.15) is 18.1 Å². The predicted octanol–water partition coefficient (Wildman–Crippen LogP) is 3.29. The number of aliphatic carboxylic acids is 1. The molecule has 0 saturated carbocycles. The summed E-state index contributed by atoms with van der Waals surface area (Å²) in [6, 6.07) is 9.19. The first-order valence-corrected chi connectivity index (χ1v) is 7.41. The van der Waals surface area contributed by atoms with Crippen LogP contribution in [0.25, 0.3) is 11.1 Å². The van der Waals surface area contributed by atoms with Crippen LogP contribution >= 0.6 is 0 Å². The van der Waals surface area contributed by atoms with Crippen molar-refractivity contribution >= 4 is 5.97 Å². The molecule has 1 atom stereocenters. The quantitative estimate of drug-likeness (QED) is 0.907. The lowest BCUT2D eigenvalue weighted by Crippen LogP contribution is -2.18. The number of methoxy groups -OCH3 is 3. The molecule has 1 aliphatic rings. The van der Waals surface area contributed by atoms with Crippen LogP contribution in [-0.2, 0) is 4.79 Å². The number of carbonyl (C=O) groups is 1. The topological polar surface area (TPSA) is 74.2 Å². The van der Waals surface area contributed by atoms with E-state index >= 15 is 0 Å². The minimum absolute atomic E-state index is 0.167. The van der Waals surface area contributed by atoms with Gasteiger partial charge in [0.05, 0.1) is 27.8 Å². The van der Waals surface area contributed by atoms with Gasteiger partial charge in [-0.15, -0.1) is 0 Å². The SMILES string of the molecule is COc1cc2c(c(OC)c1OC)-c1ccccc1OC2CC(=O)O. The van der Waals surface area contributed by atoms with Gasteiger partial charge in [-0.3, -0.25) is 4.79 Å². The third kappa shape index (κ3) is 2.50. The molecular weight excluding hydrogens is 312 g/mol. The van der Waals surface area contributed by atoms with Gasteiger partial charge in [-0.05, 0) is 12.1 Å². The molecule has 2 aromatic rings. The van der Waals surface area contributed by atoms with Gasteiger partial charge in [0.15, 0.2) is 11.5 Å². The van der Waals surface area contributed by atoms with Crippen LogP contribution < -0.4 is 18.9 Å². The van der Waals surface area contributed by atoms with Gasteiger partial charge in [-0.2, -0.15) is 0 Å². The van der Waals surface area contributed by atoms with Crippen LogP contribution in [0.3, 0.4) is 0 Å². The number of carboxylic acid groups (broad SMARTS) is 1. The minimum atomic E-state index is -0.945. The molecule has 0 radical (unpaired) electrons. The van der Waals surface area contributed by atoms with E-state index in [1.54, 1.807) is 13.2 Å². The highest BCUT2D eigenvalue weighted by atomic mass is 16.5. The van der Waals surface area contributed by atoms with Crippen molar-refractivity contribution in [2.75, 3.05) is 21.3 Å². The second kappa shape index (κ2) is 6.31. The highest BCUT2D eigenvalue weighted by Crippen LogP contribution is 2.53. The Labute approximate surface area is 139 Å². The second-order valence-electron chi connectivity index (χ2n) is 5.31. The van der Waals surface area contributed by atoms with Gasteiger partial charge in [0.1, 0.15) is 11.9 Å². The fraction of sp³-hybridized carbons (Fsp3) is 0.278. The molecule has 1 unspecified atom stereocenters. The molecule has 0 spiro atoms. The van der Waals surface area contributed by atoms with Gasteiger partial charge in [0.2, 0.25) is 5.75 Å². The van der Waals surface area contributed by atoms with E-state index in [1.807, 2.05) is 24.3 Å². The Hall–Kier alpha value is -2.89. The molecule has 0 saturated heterocycles. The monoisotopic (exact) mass is 330 g/mol. The van der Waals surface area contributed by atoms with Gasteiger partial charge < -0.3 is 24.1 Å². The van der Waals surface area contributed by atoms with E-state index in [1.165, 1.54) is 14.2 Å². The third-order valence-electron chi connectivity index (χ3n) is 3.99. The lowest BCUT2D eigenvalue weighted by Gasteiger charge is -2.30. The van der Waals surface area contributed by atoms with Crippen LogP contribution in [0, 0.1) is 0 Å². The van der Waals surface area contributed by atoms with Gasteiger partial charge >= 0.3 is 5.97 Å². The average Bonchev–Trinajstić information content (AvgIpc) is 2.59. The van der Waals surface area contributed by atoms with Gasteiger partial charge in [-0.25, -0.2) is 0 Å². The number of hydrogen-bond donors (Lipinski definition) is 1. The zero-order chi connectivity index (χ0) is 17.3. The van der Waals surface area contributed by atoms with Gasteiger partial charge in [-0.1, -0.05) is 18.2 Å². The first-order chi connectivity index (χ1) is 11.6. The Bertz CT molecular complexity index is 783. The van der Waals surface area contributed by atoms with Crippen LogP contribution in [0.2, 0.25) is 0 Å². The normalized spacial score (nSPS) is 14.9. The highest BCUT2D eigenvalue weighted by molar-refractivity contribution is 5.85. The lowest BCUT2D eigenvalue weighted by molar-refractivity contribution is -0.138. The van der Waals surface area contributed by atoms with Crippen molar-refractivity contribution in [3.05, 3.63) is 35.9 Å². The Morgan fingerprint density at radius 3 is 2.46 bits per heavy atom. The molecule has 6 heteroatoms. The largest absolute Gasteiger partial charge is 0.493 e. The van der Waals surface area contributed by atoms with Crippen LogP contribution in [0.4, 0.5) is 0 Å². The number of carboxylic acids is 1. The number of benzene rings is 2. The molecule has 3 rings (SSSR count). The first-order valence-electron chi connectivity index (χ1n) is 7.41. The summed E-state index contributed by atoms with van der Waals surface area (Å²) in [5, 5.41) is 9.23. The Morgan fingerprint density at radius 2 is 1.83 bits per heavy atom. The number of hydrogen-bond acceptors (Lipinski definition) is 5. The Kier molecular flexibility index (Phi) is 4.20. The molecule has 1 aliphatic heterocycles. The number of ether oxygens (including phenoxy) is 4. The van der Waals surface area contributed by atoms with Crippen LogP contribution in [0.15, 0.2) is 30.3 Å². The van der Waals surface area contributed by atoms with Crippen molar-refractivity contribution in [1.82, 2.24) is 0 Å². The van der Waals surface area contributed by atoms with Crippen LogP contribution in [-0.4, -0.2) is 32.4 Å². The molecule has 2 aromatic carbocycles. The summed E-state index contributed by atoms with van der Waals surface area (Å²) in [5.41, 5.74) is 2.29. The second-order valence-corrected chi connectivity index (χ2v) is 5.31. The zero-order valence-corrected chi connectivity index (χ0v) is 13.7. The fourth-order valence-corrected chi connectivity index (χ4v) is 3.01. The van der Waals surface area contributed by atoms with Gasteiger partial charge in [0, 0.05) is 16.7 Å². The van der Waals surface area contributed by atoms with E-state index in [0.29, 0.717) is 28.6 Å². The smallest absolute Gasteiger partial charge is 0.307 e. The number of fused-ring (bicyclic) bond motifs is 3. The molecule has 24 heavy (non-hydrogen) atoms. The summed E-state index contributed by atoms with van der Waals surface area (Å²) in [6.45, 7) is 0. The summed E-state index contributed by atoms with van der Waals surface area (Å²) < 4.78 is 22.3. The number of para-hydroxylation sites is 1. The first kappa shape index (κ1) is 16.0.